The molecule has 0 aliphatic carbocycles. The summed E-state index contributed by atoms with van der Waals surface area (Å²) in [5.41, 5.74) is 2.22. The number of nitrogens with zero attached hydrogens (tertiary/aromatic N) is 2. The standard InChI is InChI=1S/C21H19BrCl2N2O2S2/c22-15-3-1-2-14(10-15)11-17-13-29-21(25-17)26-8-6-18(7-9-26)30(27,28)20-12-16(23)4-5-19(20)24/h1-5,10,12-13,18H,6-9,11H2. The highest BCUT2D eigenvalue weighted by Gasteiger charge is 2.33. The van der Waals surface area contributed by atoms with Crippen molar-refractivity contribution in [3.05, 3.63) is 73.6 Å². The van der Waals surface area contributed by atoms with Gasteiger partial charge in [-0.25, -0.2) is 13.4 Å². The van der Waals surface area contributed by atoms with Crippen molar-refractivity contribution in [2.45, 2.75) is 29.4 Å². The molecule has 9 heteroatoms. The third-order valence-electron chi connectivity index (χ3n) is 5.17. The maximum absolute atomic E-state index is 13.1. The largest absolute Gasteiger partial charge is 0.348 e. The van der Waals surface area contributed by atoms with E-state index < -0.39 is 15.1 Å². The van der Waals surface area contributed by atoms with E-state index in [4.69, 9.17) is 28.2 Å². The average molecular weight is 546 g/mol. The summed E-state index contributed by atoms with van der Waals surface area (Å²) in [4.78, 5) is 7.06. The summed E-state index contributed by atoms with van der Waals surface area (Å²) in [7, 11) is -3.52. The van der Waals surface area contributed by atoms with Gasteiger partial charge in [0.15, 0.2) is 15.0 Å². The fraction of sp³-hybridized carbons (Fsp3) is 0.286. The number of halogens is 3. The normalized spacial score (nSPS) is 15.5. The van der Waals surface area contributed by atoms with E-state index in [1.54, 1.807) is 17.4 Å². The number of rotatable bonds is 5. The first-order valence-corrected chi connectivity index (χ1v) is 13.4. The second-order valence-corrected chi connectivity index (χ2v) is 12.0. The quantitative estimate of drug-likeness (QED) is 0.380. The molecule has 30 heavy (non-hydrogen) atoms. The molecule has 2 heterocycles. The number of hydrogen-bond acceptors (Lipinski definition) is 5. The summed E-state index contributed by atoms with van der Waals surface area (Å²) in [5.74, 6) is 0. The van der Waals surface area contributed by atoms with E-state index in [1.807, 2.05) is 12.1 Å². The molecule has 4 nitrogen and oxygen atoms in total. The van der Waals surface area contributed by atoms with E-state index in [2.05, 4.69) is 38.3 Å². The van der Waals surface area contributed by atoms with Gasteiger partial charge in [-0.15, -0.1) is 11.3 Å². The van der Waals surface area contributed by atoms with E-state index in [-0.39, 0.29) is 9.92 Å². The van der Waals surface area contributed by atoms with Crippen molar-refractivity contribution in [3.8, 4) is 0 Å². The highest BCUT2D eigenvalue weighted by atomic mass is 79.9. The first-order chi connectivity index (χ1) is 14.3. The number of thiazole rings is 1. The van der Waals surface area contributed by atoms with Crippen molar-refractivity contribution in [3.63, 3.8) is 0 Å². The molecule has 2 aromatic carbocycles. The van der Waals surface area contributed by atoms with Gasteiger partial charge in [0.1, 0.15) is 0 Å². The maximum atomic E-state index is 13.1. The Morgan fingerprint density at radius 2 is 1.90 bits per heavy atom. The van der Waals surface area contributed by atoms with Crippen LogP contribution < -0.4 is 4.90 Å². The number of aromatic nitrogens is 1. The Kier molecular flexibility index (Phi) is 6.75. The van der Waals surface area contributed by atoms with Crippen LogP contribution in [0.1, 0.15) is 24.1 Å². The van der Waals surface area contributed by atoms with Gasteiger partial charge < -0.3 is 4.90 Å². The molecule has 0 unspecified atom stereocenters. The number of anilines is 1. The van der Waals surface area contributed by atoms with Gasteiger partial charge in [0, 0.05) is 34.4 Å². The van der Waals surface area contributed by atoms with E-state index >= 15 is 0 Å². The fourth-order valence-electron chi connectivity index (χ4n) is 3.61. The average Bonchev–Trinajstić information content (AvgIpc) is 3.18. The zero-order valence-electron chi connectivity index (χ0n) is 15.9. The smallest absolute Gasteiger partial charge is 0.185 e. The van der Waals surface area contributed by atoms with Crippen molar-refractivity contribution in [2.75, 3.05) is 18.0 Å². The van der Waals surface area contributed by atoms with E-state index in [9.17, 15) is 8.42 Å². The second-order valence-electron chi connectivity index (χ2n) is 7.23. The van der Waals surface area contributed by atoms with Crippen LogP contribution in [0.15, 0.2) is 57.2 Å². The maximum Gasteiger partial charge on any atom is 0.185 e. The van der Waals surface area contributed by atoms with Gasteiger partial charge in [-0.2, -0.15) is 0 Å². The lowest BCUT2D eigenvalue weighted by molar-refractivity contribution is 0.529. The van der Waals surface area contributed by atoms with Crippen molar-refractivity contribution in [1.29, 1.82) is 0 Å². The van der Waals surface area contributed by atoms with Gasteiger partial charge in [0.25, 0.3) is 0 Å². The zero-order chi connectivity index (χ0) is 21.3. The van der Waals surface area contributed by atoms with Crippen molar-refractivity contribution in [2.24, 2.45) is 0 Å². The molecule has 1 aromatic heterocycles. The highest BCUT2D eigenvalue weighted by molar-refractivity contribution is 9.10. The predicted molar refractivity (Wildman–Crippen MR) is 128 cm³/mol. The van der Waals surface area contributed by atoms with Crippen LogP contribution in [0.2, 0.25) is 10.0 Å². The monoisotopic (exact) mass is 544 g/mol. The van der Waals surface area contributed by atoms with Gasteiger partial charge in [-0.1, -0.05) is 51.3 Å². The van der Waals surface area contributed by atoms with Gasteiger partial charge >= 0.3 is 0 Å². The topological polar surface area (TPSA) is 50.3 Å². The molecule has 0 atom stereocenters. The number of piperidine rings is 1. The molecule has 1 aliphatic rings. The fourth-order valence-corrected chi connectivity index (χ4v) is 7.44. The lowest BCUT2D eigenvalue weighted by Crippen LogP contribution is -2.39. The number of benzene rings is 2. The molecule has 1 aliphatic heterocycles. The first-order valence-electron chi connectivity index (χ1n) is 9.45. The summed E-state index contributed by atoms with van der Waals surface area (Å²) in [6, 6.07) is 12.8. The van der Waals surface area contributed by atoms with E-state index in [0.717, 1.165) is 21.7 Å². The van der Waals surface area contributed by atoms with Crippen LogP contribution in [0.25, 0.3) is 0 Å². The molecule has 0 spiro atoms. The molecule has 3 aromatic rings. The van der Waals surface area contributed by atoms with Crippen LogP contribution in [0.4, 0.5) is 5.13 Å². The van der Waals surface area contributed by atoms with Gasteiger partial charge in [-0.05, 0) is 48.7 Å². The Bertz CT molecular complexity index is 1160. The Labute approximate surface area is 198 Å². The lowest BCUT2D eigenvalue weighted by Gasteiger charge is -2.31. The molecule has 0 saturated carbocycles. The summed E-state index contributed by atoms with van der Waals surface area (Å²) in [6.45, 7) is 1.29. The van der Waals surface area contributed by atoms with Crippen LogP contribution in [-0.4, -0.2) is 31.7 Å². The van der Waals surface area contributed by atoms with E-state index in [1.165, 1.54) is 17.7 Å². The number of sulfone groups is 1. The van der Waals surface area contributed by atoms with Crippen molar-refractivity contribution in [1.82, 2.24) is 4.98 Å². The molecule has 0 amide bonds. The van der Waals surface area contributed by atoms with Crippen molar-refractivity contribution < 1.29 is 8.42 Å². The first kappa shape index (κ1) is 22.1. The Morgan fingerprint density at radius 3 is 2.63 bits per heavy atom. The minimum absolute atomic E-state index is 0.126. The van der Waals surface area contributed by atoms with Crippen LogP contribution in [-0.2, 0) is 16.3 Å². The molecule has 158 valence electrons. The molecule has 0 bridgehead atoms. The van der Waals surface area contributed by atoms with Gasteiger partial charge in [0.05, 0.1) is 20.9 Å². The second kappa shape index (κ2) is 9.17. The SMILES string of the molecule is O=S(=O)(c1cc(Cl)ccc1Cl)C1CCN(c2nc(Cc3cccc(Br)c3)cs2)CC1. The third kappa shape index (κ3) is 4.86. The Morgan fingerprint density at radius 1 is 1.13 bits per heavy atom. The zero-order valence-corrected chi connectivity index (χ0v) is 20.6. The minimum Gasteiger partial charge on any atom is -0.348 e. The Hall–Kier alpha value is -1.12. The summed E-state index contributed by atoms with van der Waals surface area (Å²) >= 11 is 17.2. The molecule has 1 saturated heterocycles. The lowest BCUT2D eigenvalue weighted by atomic mass is 10.1. The van der Waals surface area contributed by atoms with Gasteiger partial charge in [-0.3, -0.25) is 0 Å². The third-order valence-corrected chi connectivity index (χ3v) is 9.59. The molecule has 1 fully saturated rings. The molecule has 0 radical (unpaired) electrons. The minimum atomic E-state index is -3.52. The van der Waals surface area contributed by atoms with E-state index in [0.29, 0.717) is 31.0 Å². The summed E-state index contributed by atoms with van der Waals surface area (Å²) < 4.78 is 27.2. The number of hydrogen-bond donors (Lipinski definition) is 0. The summed E-state index contributed by atoms with van der Waals surface area (Å²) in [5, 5.41) is 3.14. The highest BCUT2D eigenvalue weighted by Crippen LogP contribution is 2.33. The molecule has 4 rings (SSSR count). The van der Waals surface area contributed by atoms with Crippen LogP contribution >= 0.6 is 50.5 Å². The molecule has 0 N–H and O–H groups in total. The summed E-state index contributed by atoms with van der Waals surface area (Å²) in [6.07, 6.45) is 1.84. The van der Waals surface area contributed by atoms with Crippen LogP contribution in [0, 0.1) is 0 Å². The van der Waals surface area contributed by atoms with Crippen molar-refractivity contribution >= 4 is 65.4 Å². The molecular formula is C21H19BrCl2N2O2S2. The van der Waals surface area contributed by atoms with Gasteiger partial charge in [0.2, 0.25) is 0 Å². The molecular weight excluding hydrogens is 527 g/mol. The predicted octanol–water partition coefficient (Wildman–Crippen LogP) is 6.25. The van der Waals surface area contributed by atoms with Crippen LogP contribution in [0.3, 0.4) is 0 Å². The van der Waals surface area contributed by atoms with Crippen LogP contribution in [0.5, 0.6) is 0 Å². The Balaban J connectivity index is 1.42.